The van der Waals surface area contributed by atoms with Gasteiger partial charge >= 0.3 is 0 Å². The van der Waals surface area contributed by atoms with E-state index in [0.29, 0.717) is 32.5 Å². The Hall–Kier alpha value is -2.17. The van der Waals surface area contributed by atoms with Gasteiger partial charge in [-0.1, -0.05) is 13.8 Å². The van der Waals surface area contributed by atoms with Crippen LogP contribution in [0, 0.1) is 11.3 Å². The average molecular weight is 455 g/mol. The molecule has 3 N–H and O–H groups in total. The zero-order valence-corrected chi connectivity index (χ0v) is 19.8. The van der Waals surface area contributed by atoms with Gasteiger partial charge in [0.2, 0.25) is 15.9 Å². The van der Waals surface area contributed by atoms with Crippen LogP contribution in [0.2, 0.25) is 0 Å². The molecule has 0 aliphatic carbocycles. The maximum absolute atomic E-state index is 13.0. The number of primary sulfonamides is 1. The summed E-state index contributed by atoms with van der Waals surface area (Å²) < 4.78 is 28.5. The fraction of sp³-hybridized carbons (Fsp3) is 0.619. The van der Waals surface area contributed by atoms with Gasteiger partial charge in [0.15, 0.2) is 0 Å². The van der Waals surface area contributed by atoms with E-state index in [0.717, 1.165) is 6.54 Å². The van der Waals surface area contributed by atoms with Crippen molar-refractivity contribution in [1.29, 1.82) is 0 Å². The van der Waals surface area contributed by atoms with Crippen molar-refractivity contribution in [3.63, 3.8) is 0 Å². The summed E-state index contributed by atoms with van der Waals surface area (Å²) in [5, 5.41) is 8.24. The van der Waals surface area contributed by atoms with Gasteiger partial charge in [-0.25, -0.2) is 13.6 Å². The molecule has 0 bridgehead atoms. The fourth-order valence-electron chi connectivity index (χ4n) is 3.93. The van der Waals surface area contributed by atoms with Crippen LogP contribution < -0.4 is 15.2 Å². The van der Waals surface area contributed by atoms with E-state index >= 15 is 0 Å². The number of carbonyl (C=O) groups excluding carboxylic acids is 2. The molecule has 31 heavy (non-hydrogen) atoms. The van der Waals surface area contributed by atoms with Gasteiger partial charge < -0.3 is 19.9 Å². The van der Waals surface area contributed by atoms with E-state index in [4.69, 9.17) is 9.88 Å². The minimum Gasteiger partial charge on any atom is -0.496 e. The molecule has 1 heterocycles. The van der Waals surface area contributed by atoms with Crippen molar-refractivity contribution < 1.29 is 22.7 Å². The number of nitrogens with one attached hydrogen (secondary N) is 1. The zero-order chi connectivity index (χ0) is 23.4. The van der Waals surface area contributed by atoms with Gasteiger partial charge in [-0.2, -0.15) is 0 Å². The number of ether oxygens (including phenoxy) is 1. The second kappa shape index (κ2) is 9.97. The van der Waals surface area contributed by atoms with Gasteiger partial charge in [-0.3, -0.25) is 9.59 Å². The normalized spacial score (nSPS) is 15.8. The highest BCUT2D eigenvalue weighted by Crippen LogP contribution is 2.26. The predicted molar refractivity (Wildman–Crippen MR) is 118 cm³/mol. The van der Waals surface area contributed by atoms with Gasteiger partial charge in [-0.15, -0.1) is 0 Å². The Bertz CT molecular complexity index is 906. The maximum Gasteiger partial charge on any atom is 0.257 e. The second-order valence-corrected chi connectivity index (χ2v) is 10.7. The highest BCUT2D eigenvalue weighted by molar-refractivity contribution is 7.89. The van der Waals surface area contributed by atoms with Crippen molar-refractivity contribution in [1.82, 2.24) is 15.1 Å². The lowest BCUT2D eigenvalue weighted by Gasteiger charge is -2.33. The molecule has 9 nitrogen and oxygen atoms in total. The van der Waals surface area contributed by atoms with Gasteiger partial charge in [0, 0.05) is 32.1 Å². The summed E-state index contributed by atoms with van der Waals surface area (Å²) in [6, 6.07) is 3.96. The van der Waals surface area contributed by atoms with Crippen LogP contribution >= 0.6 is 0 Å². The molecular formula is C21H34N4O5S. The predicted octanol–water partition coefficient (Wildman–Crippen LogP) is 0.899. The lowest BCUT2D eigenvalue weighted by atomic mass is 9.91. The molecule has 0 radical (unpaired) electrons. The van der Waals surface area contributed by atoms with Gasteiger partial charge in [0.05, 0.1) is 17.6 Å². The zero-order valence-electron chi connectivity index (χ0n) is 19.0. The first-order chi connectivity index (χ1) is 14.3. The Morgan fingerprint density at radius 3 is 2.39 bits per heavy atom. The first kappa shape index (κ1) is 25.1. The number of amides is 2. The number of sulfonamides is 1. The molecule has 2 rings (SSSR count). The number of methoxy groups -OCH3 is 1. The van der Waals surface area contributed by atoms with Crippen molar-refractivity contribution in [2.75, 3.05) is 47.4 Å². The summed E-state index contributed by atoms with van der Waals surface area (Å²) in [6.45, 7) is 6.47. The van der Waals surface area contributed by atoms with Gasteiger partial charge in [0.25, 0.3) is 5.91 Å². The van der Waals surface area contributed by atoms with Crippen LogP contribution in [0.5, 0.6) is 5.75 Å². The van der Waals surface area contributed by atoms with Crippen LogP contribution in [0.25, 0.3) is 0 Å². The molecule has 0 saturated carbocycles. The average Bonchev–Trinajstić information content (AvgIpc) is 2.69. The van der Waals surface area contributed by atoms with Crippen molar-refractivity contribution in [2.24, 2.45) is 16.5 Å². The number of hydrogen-bond donors (Lipinski definition) is 2. The van der Waals surface area contributed by atoms with Crippen LogP contribution in [0.3, 0.4) is 0 Å². The molecule has 1 saturated heterocycles. The summed E-state index contributed by atoms with van der Waals surface area (Å²) in [5.41, 5.74) is 0.100. The van der Waals surface area contributed by atoms with Crippen LogP contribution in [0.4, 0.5) is 0 Å². The molecule has 1 aromatic rings. The molecule has 1 aliphatic rings. The molecule has 10 heteroatoms. The van der Waals surface area contributed by atoms with Crippen molar-refractivity contribution in [3.8, 4) is 5.75 Å². The van der Waals surface area contributed by atoms with Crippen molar-refractivity contribution >= 4 is 21.8 Å². The number of piperidine rings is 1. The smallest absolute Gasteiger partial charge is 0.257 e. The monoisotopic (exact) mass is 454 g/mol. The van der Waals surface area contributed by atoms with Crippen molar-refractivity contribution in [2.45, 2.75) is 31.6 Å². The van der Waals surface area contributed by atoms with E-state index < -0.39 is 10.0 Å². The SMILES string of the molecule is COc1ccc(S(N)(=O)=O)cc1C(=O)N1CCC(C(=O)NCC(C)(C)CN(C)C)CC1. The standard InChI is InChI=1S/C21H34N4O5S/c1-21(2,14-24(3)4)13-23-19(26)15-8-10-25(11-9-15)20(27)17-12-16(31(22,28)29)6-7-18(17)30-5/h6-7,12,15H,8-11,13-14H2,1-5H3,(H,23,26)(H2,22,28,29). The van der Waals surface area contributed by atoms with E-state index in [-0.39, 0.29) is 39.4 Å². The molecule has 1 aliphatic heterocycles. The molecule has 0 spiro atoms. The van der Waals surface area contributed by atoms with Gasteiger partial charge in [0.1, 0.15) is 5.75 Å². The summed E-state index contributed by atoms with van der Waals surface area (Å²) in [7, 11) is 1.48. The molecule has 0 atom stereocenters. The number of likely N-dealkylation sites (tertiary alicyclic amines) is 1. The molecule has 0 unspecified atom stereocenters. The number of nitrogens with zero attached hydrogens (tertiary/aromatic N) is 2. The Morgan fingerprint density at radius 2 is 1.87 bits per heavy atom. The molecule has 1 aromatic carbocycles. The van der Waals surface area contributed by atoms with E-state index in [9.17, 15) is 18.0 Å². The minimum absolute atomic E-state index is 0.00716. The highest BCUT2D eigenvalue weighted by Gasteiger charge is 2.30. The van der Waals surface area contributed by atoms with Crippen LogP contribution in [-0.4, -0.2) is 77.4 Å². The Kier molecular flexibility index (Phi) is 8.07. The lowest BCUT2D eigenvalue weighted by molar-refractivity contribution is -0.126. The van der Waals surface area contributed by atoms with E-state index in [1.807, 2.05) is 14.1 Å². The van der Waals surface area contributed by atoms with E-state index in [2.05, 4.69) is 24.1 Å². The van der Waals surface area contributed by atoms with E-state index in [1.165, 1.54) is 25.3 Å². The number of nitrogens with two attached hydrogens (primary N) is 1. The Labute approximate surface area is 185 Å². The fourth-order valence-corrected chi connectivity index (χ4v) is 4.47. The topological polar surface area (TPSA) is 122 Å². The first-order valence-corrected chi connectivity index (χ1v) is 11.8. The second-order valence-electron chi connectivity index (χ2n) is 9.09. The minimum atomic E-state index is -3.94. The number of benzene rings is 1. The summed E-state index contributed by atoms with van der Waals surface area (Å²) >= 11 is 0. The number of rotatable bonds is 8. The molecule has 1 fully saturated rings. The molecular weight excluding hydrogens is 420 g/mol. The molecule has 174 valence electrons. The van der Waals surface area contributed by atoms with Crippen LogP contribution in [-0.2, 0) is 14.8 Å². The third-order valence-electron chi connectivity index (χ3n) is 5.37. The summed E-state index contributed by atoms with van der Waals surface area (Å²) in [5.74, 6) is -0.210. The van der Waals surface area contributed by atoms with Crippen LogP contribution in [0.1, 0.15) is 37.0 Å². The Balaban J connectivity index is 2.00. The third-order valence-corrected chi connectivity index (χ3v) is 6.28. The molecule has 2 amide bonds. The number of carbonyl (C=O) groups is 2. The lowest BCUT2D eigenvalue weighted by Crippen LogP contribution is -2.46. The third kappa shape index (κ3) is 6.91. The highest BCUT2D eigenvalue weighted by atomic mass is 32.2. The quantitative estimate of drug-likeness (QED) is 0.602. The van der Waals surface area contributed by atoms with Gasteiger partial charge in [-0.05, 0) is 50.6 Å². The van der Waals surface area contributed by atoms with Crippen molar-refractivity contribution in [3.05, 3.63) is 23.8 Å². The first-order valence-electron chi connectivity index (χ1n) is 10.3. The summed E-state index contributed by atoms with van der Waals surface area (Å²) in [4.78, 5) is 29.2. The molecule has 0 aromatic heterocycles. The van der Waals surface area contributed by atoms with Crippen LogP contribution in [0.15, 0.2) is 23.1 Å². The summed E-state index contributed by atoms with van der Waals surface area (Å²) in [6.07, 6.45) is 1.09. The maximum atomic E-state index is 13.0. The Morgan fingerprint density at radius 1 is 1.26 bits per heavy atom. The van der Waals surface area contributed by atoms with E-state index in [1.54, 1.807) is 4.90 Å². The largest absolute Gasteiger partial charge is 0.496 e. The number of hydrogen-bond acceptors (Lipinski definition) is 6.